The summed E-state index contributed by atoms with van der Waals surface area (Å²) < 4.78 is 6.53. The second kappa shape index (κ2) is 8.51. The van der Waals surface area contributed by atoms with Gasteiger partial charge in [0.1, 0.15) is 17.1 Å². The van der Waals surface area contributed by atoms with Gasteiger partial charge in [0, 0.05) is 10.0 Å². The number of imide groups is 2. The lowest BCUT2D eigenvalue weighted by Gasteiger charge is -2.28. The molecule has 0 aliphatic carbocycles. The molecule has 1 aliphatic heterocycles. The van der Waals surface area contributed by atoms with E-state index in [4.69, 9.17) is 4.42 Å². The zero-order valence-electron chi connectivity index (χ0n) is 17.5. The van der Waals surface area contributed by atoms with E-state index >= 15 is 0 Å². The first-order chi connectivity index (χ1) is 15.7. The van der Waals surface area contributed by atoms with E-state index in [0.717, 1.165) is 14.9 Å². The van der Waals surface area contributed by atoms with E-state index < -0.39 is 23.8 Å². The van der Waals surface area contributed by atoms with Crippen molar-refractivity contribution in [1.82, 2.24) is 5.32 Å². The van der Waals surface area contributed by atoms with Crippen LogP contribution in [0.25, 0.3) is 17.4 Å². The fourth-order valence-electron chi connectivity index (χ4n) is 3.49. The van der Waals surface area contributed by atoms with Crippen LogP contribution in [0.2, 0.25) is 0 Å². The largest absolute Gasteiger partial charge is 0.478 e. The molecular weight excluding hydrogens is 492 g/mol. The van der Waals surface area contributed by atoms with Crippen molar-refractivity contribution in [3.63, 3.8) is 0 Å². The van der Waals surface area contributed by atoms with Crippen LogP contribution in [0.15, 0.2) is 63.0 Å². The first-order valence-corrected chi connectivity index (χ1v) is 10.6. The minimum atomic E-state index is -1.11. The molecule has 0 unspecified atom stereocenters. The summed E-state index contributed by atoms with van der Waals surface area (Å²) in [5.41, 5.74) is 2.02. The number of urea groups is 1. The second-order valence-corrected chi connectivity index (χ2v) is 8.18. The molecule has 0 atom stereocenters. The number of anilines is 1. The van der Waals surface area contributed by atoms with Gasteiger partial charge in [-0.1, -0.05) is 34.1 Å². The Labute approximate surface area is 196 Å². The normalized spacial score (nSPS) is 15.2. The lowest BCUT2D eigenvalue weighted by molar-refractivity contribution is -0.122. The molecule has 9 heteroatoms. The van der Waals surface area contributed by atoms with Crippen LogP contribution in [0.4, 0.5) is 10.5 Å². The van der Waals surface area contributed by atoms with E-state index in [2.05, 4.69) is 21.2 Å². The number of hydrogen-bond donors (Lipinski definition) is 2. The number of halogens is 1. The summed E-state index contributed by atoms with van der Waals surface area (Å²) in [4.78, 5) is 50.5. The molecule has 0 spiro atoms. The van der Waals surface area contributed by atoms with Crippen LogP contribution in [0, 0.1) is 13.8 Å². The van der Waals surface area contributed by atoms with Crippen molar-refractivity contribution in [2.75, 3.05) is 4.90 Å². The number of hydrogen-bond acceptors (Lipinski definition) is 5. The molecule has 2 heterocycles. The smallest absolute Gasteiger partial charge is 0.336 e. The lowest BCUT2D eigenvalue weighted by Crippen LogP contribution is -2.54. The molecule has 0 saturated carbocycles. The maximum absolute atomic E-state index is 13.2. The highest BCUT2D eigenvalue weighted by molar-refractivity contribution is 9.10. The van der Waals surface area contributed by atoms with Gasteiger partial charge in [0.05, 0.1) is 11.3 Å². The molecule has 8 nitrogen and oxygen atoms in total. The van der Waals surface area contributed by atoms with Crippen LogP contribution in [-0.2, 0) is 9.59 Å². The van der Waals surface area contributed by atoms with E-state index in [9.17, 15) is 24.3 Å². The van der Waals surface area contributed by atoms with Crippen molar-refractivity contribution in [1.29, 1.82) is 0 Å². The van der Waals surface area contributed by atoms with E-state index in [-0.39, 0.29) is 22.7 Å². The summed E-state index contributed by atoms with van der Waals surface area (Å²) in [5, 5.41) is 11.6. The topological polar surface area (TPSA) is 117 Å². The number of amides is 4. The zero-order valence-corrected chi connectivity index (χ0v) is 19.1. The van der Waals surface area contributed by atoms with Gasteiger partial charge in [-0.15, -0.1) is 0 Å². The SMILES string of the molecule is Cc1c(Br)ccc(N2C(=O)NC(=O)/C(=C\c3ccc(-c4ccccc4C(=O)O)o3)C2=O)c1C. The fraction of sp³-hybridized carbons (Fsp3) is 0.0833. The zero-order chi connectivity index (χ0) is 23.9. The van der Waals surface area contributed by atoms with Crippen LogP contribution >= 0.6 is 15.9 Å². The van der Waals surface area contributed by atoms with Gasteiger partial charge in [-0.05, 0) is 61.4 Å². The summed E-state index contributed by atoms with van der Waals surface area (Å²) in [5.74, 6) is -2.34. The third kappa shape index (κ3) is 3.98. The van der Waals surface area contributed by atoms with Crippen LogP contribution in [0.1, 0.15) is 27.2 Å². The van der Waals surface area contributed by atoms with Gasteiger partial charge in [-0.25, -0.2) is 14.5 Å². The highest BCUT2D eigenvalue weighted by atomic mass is 79.9. The molecular formula is C24H17BrN2O6. The van der Waals surface area contributed by atoms with Gasteiger partial charge >= 0.3 is 12.0 Å². The van der Waals surface area contributed by atoms with Crippen LogP contribution in [0.5, 0.6) is 0 Å². The summed E-state index contributed by atoms with van der Waals surface area (Å²) >= 11 is 3.42. The van der Waals surface area contributed by atoms with Crippen molar-refractivity contribution in [2.45, 2.75) is 13.8 Å². The minimum absolute atomic E-state index is 0.0513. The molecule has 1 fully saturated rings. The van der Waals surface area contributed by atoms with Crippen molar-refractivity contribution in [3.05, 3.63) is 81.0 Å². The summed E-state index contributed by atoms with van der Waals surface area (Å²) in [7, 11) is 0. The maximum atomic E-state index is 13.2. The van der Waals surface area contributed by atoms with Crippen molar-refractivity contribution < 1.29 is 28.7 Å². The molecule has 1 saturated heterocycles. The highest BCUT2D eigenvalue weighted by Crippen LogP contribution is 2.32. The predicted octanol–water partition coefficient (Wildman–Crippen LogP) is 4.69. The number of nitrogens with one attached hydrogen (secondary N) is 1. The van der Waals surface area contributed by atoms with E-state index in [0.29, 0.717) is 16.8 Å². The lowest BCUT2D eigenvalue weighted by atomic mass is 10.0. The molecule has 1 aromatic heterocycles. The Kier molecular flexibility index (Phi) is 5.73. The first kappa shape index (κ1) is 22.2. The highest BCUT2D eigenvalue weighted by Gasteiger charge is 2.38. The Balaban J connectivity index is 1.73. The van der Waals surface area contributed by atoms with Gasteiger partial charge < -0.3 is 9.52 Å². The van der Waals surface area contributed by atoms with Crippen molar-refractivity contribution in [2.24, 2.45) is 0 Å². The van der Waals surface area contributed by atoms with Crippen molar-refractivity contribution in [3.8, 4) is 11.3 Å². The molecule has 0 radical (unpaired) electrons. The standard InChI is InChI=1S/C24H17BrN2O6/c1-12-13(2)19(9-8-18(12)25)27-22(29)17(21(28)26-24(27)32)11-14-7-10-20(33-14)15-5-3-4-6-16(15)23(30)31/h3-11H,1-2H3,(H,30,31)(H,26,28,32)/b17-11+. The molecule has 2 aromatic carbocycles. The Morgan fingerprint density at radius 1 is 1.03 bits per heavy atom. The van der Waals surface area contributed by atoms with E-state index in [1.807, 2.05) is 6.92 Å². The number of nitrogens with zero attached hydrogens (tertiary/aromatic N) is 1. The minimum Gasteiger partial charge on any atom is -0.478 e. The quantitative estimate of drug-likeness (QED) is 0.389. The summed E-state index contributed by atoms with van der Waals surface area (Å²) in [6, 6.07) is 11.9. The summed E-state index contributed by atoms with van der Waals surface area (Å²) in [6.45, 7) is 3.62. The van der Waals surface area contributed by atoms with Gasteiger partial charge in [0.25, 0.3) is 11.8 Å². The van der Waals surface area contributed by atoms with E-state index in [1.54, 1.807) is 43.3 Å². The number of carbonyl (C=O) groups excluding carboxylic acids is 3. The van der Waals surface area contributed by atoms with Gasteiger partial charge in [-0.3, -0.25) is 14.9 Å². The molecule has 0 bridgehead atoms. The third-order valence-electron chi connectivity index (χ3n) is 5.37. The number of furan rings is 1. The number of carbonyl (C=O) groups is 4. The van der Waals surface area contributed by atoms with E-state index in [1.165, 1.54) is 18.2 Å². The van der Waals surface area contributed by atoms with Crippen molar-refractivity contribution >= 4 is 51.5 Å². The predicted molar refractivity (Wildman–Crippen MR) is 124 cm³/mol. The monoisotopic (exact) mass is 508 g/mol. The van der Waals surface area contributed by atoms with Crippen LogP contribution in [0.3, 0.4) is 0 Å². The number of carboxylic acids is 1. The molecule has 4 amide bonds. The van der Waals surface area contributed by atoms with Gasteiger partial charge in [-0.2, -0.15) is 0 Å². The van der Waals surface area contributed by atoms with Gasteiger partial charge in [0.15, 0.2) is 0 Å². The third-order valence-corrected chi connectivity index (χ3v) is 6.23. The fourth-order valence-corrected chi connectivity index (χ4v) is 3.92. The Morgan fingerprint density at radius 2 is 1.76 bits per heavy atom. The Morgan fingerprint density at radius 3 is 2.48 bits per heavy atom. The molecule has 4 rings (SSSR count). The van der Waals surface area contributed by atoms with Gasteiger partial charge in [0.2, 0.25) is 0 Å². The number of carboxylic acid groups (broad SMARTS) is 1. The first-order valence-electron chi connectivity index (χ1n) is 9.78. The number of aromatic carboxylic acids is 1. The van der Waals surface area contributed by atoms with Crippen LogP contribution < -0.4 is 10.2 Å². The molecule has 1 aliphatic rings. The molecule has 2 N–H and O–H groups in total. The number of barbiturate groups is 1. The average molecular weight is 509 g/mol. The Hall–Kier alpha value is -3.98. The Bertz CT molecular complexity index is 1370. The van der Waals surface area contributed by atoms with Crippen LogP contribution in [-0.4, -0.2) is 28.9 Å². The number of rotatable bonds is 4. The molecule has 33 heavy (non-hydrogen) atoms. The summed E-state index contributed by atoms with van der Waals surface area (Å²) in [6.07, 6.45) is 1.23. The molecule has 166 valence electrons. The maximum Gasteiger partial charge on any atom is 0.336 e. The average Bonchev–Trinajstić information content (AvgIpc) is 3.25. The second-order valence-electron chi connectivity index (χ2n) is 7.33. The molecule has 3 aromatic rings. The number of benzene rings is 2.